The Morgan fingerprint density at radius 3 is 2.17 bits per heavy atom. The number of amides is 1. The Morgan fingerprint density at radius 2 is 1.62 bits per heavy atom. The van der Waals surface area contributed by atoms with Gasteiger partial charge in [-0.2, -0.15) is 0 Å². The number of ether oxygens (including phenoxy) is 1. The first kappa shape index (κ1) is 21.1. The number of likely N-dealkylation sites (tertiary alicyclic amines) is 1. The van der Waals surface area contributed by atoms with Crippen LogP contribution in [-0.4, -0.2) is 42.4 Å². The number of hydrogen-bond donors (Lipinski definition) is 0. The Bertz CT molecular complexity index is 390. The molecular formula is C20H37NO3. The summed E-state index contributed by atoms with van der Waals surface area (Å²) in [6.07, 6.45) is 6.85. The van der Waals surface area contributed by atoms with Gasteiger partial charge in [-0.3, -0.25) is 9.59 Å². The van der Waals surface area contributed by atoms with Crippen molar-refractivity contribution in [3.8, 4) is 0 Å². The third-order valence-corrected chi connectivity index (χ3v) is 4.69. The molecule has 0 bridgehead atoms. The molecule has 0 unspecified atom stereocenters. The minimum Gasteiger partial charge on any atom is -0.379 e. The van der Waals surface area contributed by atoms with Crippen LogP contribution in [0.15, 0.2) is 0 Å². The predicted molar refractivity (Wildman–Crippen MR) is 97.9 cm³/mol. The van der Waals surface area contributed by atoms with Gasteiger partial charge in [0, 0.05) is 37.5 Å². The largest absolute Gasteiger partial charge is 0.379 e. The maximum atomic E-state index is 12.3. The number of Topliss-reactive ketones (excluding diaryl/α,β-unsaturated/α-hetero) is 1. The van der Waals surface area contributed by atoms with E-state index < -0.39 is 0 Å². The fraction of sp³-hybridized carbons (Fsp3) is 0.900. The SMILES string of the molecule is CC(C)OCCCCCCC(=O)N1CCC(C(=O)C(C)(C)C)CC1. The molecule has 0 aromatic rings. The van der Waals surface area contributed by atoms with Crippen molar-refractivity contribution in [1.82, 2.24) is 4.90 Å². The average molecular weight is 340 g/mol. The molecule has 1 saturated heterocycles. The minimum absolute atomic E-state index is 0.134. The Balaban J connectivity index is 2.14. The van der Waals surface area contributed by atoms with Gasteiger partial charge in [-0.05, 0) is 39.5 Å². The number of nitrogens with zero attached hydrogens (tertiary/aromatic N) is 1. The van der Waals surface area contributed by atoms with Crippen LogP contribution in [0.5, 0.6) is 0 Å². The first-order valence-corrected chi connectivity index (χ1v) is 9.65. The summed E-state index contributed by atoms with van der Waals surface area (Å²) in [5.41, 5.74) is -0.268. The molecule has 0 saturated carbocycles. The van der Waals surface area contributed by atoms with Gasteiger partial charge in [0.25, 0.3) is 0 Å². The predicted octanol–water partition coefficient (Wildman–Crippen LogP) is 4.22. The van der Waals surface area contributed by atoms with Crippen LogP contribution in [-0.2, 0) is 14.3 Å². The number of carbonyl (C=O) groups excluding carboxylic acids is 2. The Hall–Kier alpha value is -0.900. The molecule has 0 radical (unpaired) electrons. The van der Waals surface area contributed by atoms with E-state index in [0.717, 1.165) is 58.2 Å². The van der Waals surface area contributed by atoms with E-state index in [9.17, 15) is 9.59 Å². The van der Waals surface area contributed by atoms with Crippen molar-refractivity contribution >= 4 is 11.7 Å². The fourth-order valence-electron chi connectivity index (χ4n) is 3.21. The molecule has 140 valence electrons. The highest BCUT2D eigenvalue weighted by Gasteiger charge is 2.32. The van der Waals surface area contributed by atoms with Gasteiger partial charge in [-0.25, -0.2) is 0 Å². The molecule has 0 atom stereocenters. The third-order valence-electron chi connectivity index (χ3n) is 4.69. The zero-order chi connectivity index (χ0) is 18.2. The minimum atomic E-state index is -0.268. The normalized spacial score (nSPS) is 16.7. The summed E-state index contributed by atoms with van der Waals surface area (Å²) in [7, 11) is 0. The van der Waals surface area contributed by atoms with Crippen molar-refractivity contribution in [3.05, 3.63) is 0 Å². The highest BCUT2D eigenvalue weighted by atomic mass is 16.5. The molecule has 1 rings (SSSR count). The first-order chi connectivity index (χ1) is 11.2. The van der Waals surface area contributed by atoms with E-state index in [2.05, 4.69) is 13.8 Å². The molecule has 1 aliphatic rings. The summed E-state index contributed by atoms with van der Waals surface area (Å²) < 4.78 is 5.52. The average Bonchev–Trinajstić information content (AvgIpc) is 2.52. The molecule has 1 aliphatic heterocycles. The van der Waals surface area contributed by atoms with Crippen LogP contribution in [0.25, 0.3) is 0 Å². The second-order valence-electron chi connectivity index (χ2n) is 8.35. The smallest absolute Gasteiger partial charge is 0.222 e. The second-order valence-corrected chi connectivity index (χ2v) is 8.35. The molecule has 0 aliphatic carbocycles. The van der Waals surface area contributed by atoms with Crippen molar-refractivity contribution < 1.29 is 14.3 Å². The lowest BCUT2D eigenvalue weighted by molar-refractivity contribution is -0.137. The van der Waals surface area contributed by atoms with E-state index in [1.54, 1.807) is 0 Å². The number of unbranched alkanes of at least 4 members (excludes halogenated alkanes) is 3. The van der Waals surface area contributed by atoms with Crippen molar-refractivity contribution in [2.75, 3.05) is 19.7 Å². The van der Waals surface area contributed by atoms with Crippen LogP contribution in [0.1, 0.15) is 79.6 Å². The van der Waals surface area contributed by atoms with Crippen LogP contribution in [0.3, 0.4) is 0 Å². The van der Waals surface area contributed by atoms with Crippen molar-refractivity contribution in [2.45, 2.75) is 85.7 Å². The van der Waals surface area contributed by atoms with Gasteiger partial charge in [-0.1, -0.05) is 33.6 Å². The molecule has 0 aromatic carbocycles. The maximum Gasteiger partial charge on any atom is 0.222 e. The molecule has 0 N–H and O–H groups in total. The summed E-state index contributed by atoms with van der Waals surface area (Å²) in [6.45, 7) is 12.4. The van der Waals surface area contributed by atoms with E-state index >= 15 is 0 Å². The van der Waals surface area contributed by atoms with Gasteiger partial charge in [0.05, 0.1) is 6.10 Å². The summed E-state index contributed by atoms with van der Waals surface area (Å²) in [5, 5.41) is 0. The van der Waals surface area contributed by atoms with Crippen molar-refractivity contribution in [1.29, 1.82) is 0 Å². The lowest BCUT2D eigenvalue weighted by atomic mass is 9.79. The van der Waals surface area contributed by atoms with E-state index in [1.807, 2.05) is 25.7 Å². The summed E-state index contributed by atoms with van der Waals surface area (Å²) in [4.78, 5) is 26.5. The molecule has 1 fully saturated rings. The molecule has 0 aromatic heterocycles. The zero-order valence-electron chi connectivity index (χ0n) is 16.4. The van der Waals surface area contributed by atoms with E-state index in [0.29, 0.717) is 18.3 Å². The molecule has 24 heavy (non-hydrogen) atoms. The number of ketones is 1. The van der Waals surface area contributed by atoms with Gasteiger partial charge in [0.1, 0.15) is 5.78 Å². The Labute approximate surface area is 148 Å². The van der Waals surface area contributed by atoms with Gasteiger partial charge in [0.15, 0.2) is 0 Å². The number of rotatable bonds is 9. The fourth-order valence-corrected chi connectivity index (χ4v) is 3.21. The van der Waals surface area contributed by atoms with Crippen LogP contribution < -0.4 is 0 Å². The van der Waals surface area contributed by atoms with Crippen LogP contribution in [0, 0.1) is 11.3 Å². The topological polar surface area (TPSA) is 46.6 Å². The summed E-state index contributed by atoms with van der Waals surface area (Å²) in [6, 6.07) is 0. The quantitative estimate of drug-likeness (QED) is 0.591. The number of hydrogen-bond acceptors (Lipinski definition) is 3. The first-order valence-electron chi connectivity index (χ1n) is 9.65. The molecule has 1 amide bonds. The van der Waals surface area contributed by atoms with Gasteiger partial charge >= 0.3 is 0 Å². The van der Waals surface area contributed by atoms with Gasteiger partial charge < -0.3 is 9.64 Å². The zero-order valence-corrected chi connectivity index (χ0v) is 16.4. The van der Waals surface area contributed by atoms with Crippen molar-refractivity contribution in [2.24, 2.45) is 11.3 Å². The highest BCUT2D eigenvalue weighted by Crippen LogP contribution is 2.27. The Kier molecular flexibility index (Phi) is 8.96. The highest BCUT2D eigenvalue weighted by molar-refractivity contribution is 5.86. The molecular weight excluding hydrogens is 302 g/mol. The van der Waals surface area contributed by atoms with E-state index in [4.69, 9.17) is 4.74 Å². The molecule has 1 heterocycles. The second kappa shape index (κ2) is 10.2. The lowest BCUT2D eigenvalue weighted by Crippen LogP contribution is -2.42. The molecule has 0 spiro atoms. The van der Waals surface area contributed by atoms with Gasteiger partial charge in [-0.15, -0.1) is 0 Å². The third kappa shape index (κ3) is 7.78. The standard InChI is InChI=1S/C20H37NO3/c1-16(2)24-15-9-7-6-8-10-18(22)21-13-11-17(12-14-21)19(23)20(3,4)5/h16-17H,6-15H2,1-5H3. The maximum absolute atomic E-state index is 12.3. The molecule has 4 nitrogen and oxygen atoms in total. The van der Waals surface area contributed by atoms with Crippen LogP contribution >= 0.6 is 0 Å². The van der Waals surface area contributed by atoms with E-state index in [1.165, 1.54) is 0 Å². The van der Waals surface area contributed by atoms with E-state index in [-0.39, 0.29) is 17.2 Å². The lowest BCUT2D eigenvalue weighted by Gasteiger charge is -2.34. The number of piperidine rings is 1. The Morgan fingerprint density at radius 1 is 1.04 bits per heavy atom. The van der Waals surface area contributed by atoms with Crippen LogP contribution in [0.4, 0.5) is 0 Å². The summed E-state index contributed by atoms with van der Waals surface area (Å²) in [5.74, 6) is 0.739. The number of carbonyl (C=O) groups is 2. The molecule has 4 heteroatoms. The van der Waals surface area contributed by atoms with Crippen molar-refractivity contribution in [3.63, 3.8) is 0 Å². The van der Waals surface area contributed by atoms with Gasteiger partial charge in [0.2, 0.25) is 5.91 Å². The van der Waals surface area contributed by atoms with Crippen LogP contribution in [0.2, 0.25) is 0 Å². The monoisotopic (exact) mass is 339 g/mol. The summed E-state index contributed by atoms with van der Waals surface area (Å²) >= 11 is 0.